The highest BCUT2D eigenvalue weighted by Gasteiger charge is 2.62. The van der Waals surface area contributed by atoms with Crippen molar-refractivity contribution in [1.82, 2.24) is 16.0 Å². The molecular formula is C79H141N3O38S. The SMILES string of the molecule is CCCCCCCCCCCCC/C=C/[C@@H](O)[C@H](CO[C@@H]1O[C@H](CO)[C@@H](O[C@@H]2O[C@H](CO)[C@H](O)[C@H](O[C@@H]3O[C@H](CO)[C@@H](O[C@@H]4O[C@H](COS(=O)(=O)O)[C@H](O)[C@H](O[C@]5(C(=O)O)C[C@H](O)[C@@H](NC(C)=O)[C@H]([C@H](O)[C@H](O)CO)O5)[C@H]4O)[C@H](O[C@@H]4O[C@@H](C)[C@@H](O)[C@@H](O)[C@@H]4O)[C@H]3NC(C)=O)[C@H]2O)[C@H](O)[C@H]1O)NC(=O)CCCCCCCCCCCCCCCCC. The fourth-order valence-corrected chi connectivity index (χ4v) is 16.2. The number of carbonyl (C=O) groups excluding carboxylic acids is 3. The zero-order valence-electron chi connectivity index (χ0n) is 70.0. The van der Waals surface area contributed by atoms with E-state index in [9.17, 15) is 124 Å². The van der Waals surface area contributed by atoms with Crippen LogP contribution in [0.5, 0.6) is 0 Å². The van der Waals surface area contributed by atoms with Gasteiger partial charge >= 0.3 is 16.4 Å². The van der Waals surface area contributed by atoms with Crippen LogP contribution in [-0.2, 0) is 90.6 Å². The lowest BCUT2D eigenvalue weighted by Crippen LogP contribution is -2.72. The molecule has 6 heterocycles. The Hall–Kier alpha value is -3.67. The molecule has 3 amide bonds. The molecule has 6 rings (SSSR count). The number of aliphatic hydroxyl groups is 17. The van der Waals surface area contributed by atoms with Gasteiger partial charge in [-0.15, -0.1) is 0 Å². The largest absolute Gasteiger partial charge is 0.477 e. The van der Waals surface area contributed by atoms with E-state index in [1.807, 2.05) is 6.08 Å². The number of aliphatic carboxylic acids is 1. The van der Waals surface area contributed by atoms with E-state index in [4.69, 9.17) is 56.8 Å². The molecule has 0 bridgehead atoms. The van der Waals surface area contributed by atoms with Gasteiger partial charge in [-0.05, 0) is 26.2 Å². The van der Waals surface area contributed by atoms with Crippen molar-refractivity contribution in [2.45, 2.75) is 423 Å². The van der Waals surface area contributed by atoms with Crippen LogP contribution < -0.4 is 16.0 Å². The predicted molar refractivity (Wildman–Crippen MR) is 420 cm³/mol. The number of carboxylic acids is 1. The highest BCUT2D eigenvalue weighted by Crippen LogP contribution is 2.41. The average molecular weight is 1770 g/mol. The molecule has 0 radical (unpaired) electrons. The monoisotopic (exact) mass is 1770 g/mol. The molecule has 42 heteroatoms. The fraction of sp³-hybridized carbons (Fsp3) is 0.924. The van der Waals surface area contributed by atoms with Gasteiger partial charge in [0.1, 0.15) is 134 Å². The summed E-state index contributed by atoms with van der Waals surface area (Å²) in [7, 11) is -5.50. The second kappa shape index (κ2) is 54.0. The molecule has 6 fully saturated rings. The minimum Gasteiger partial charge on any atom is -0.477 e. The predicted octanol–water partition coefficient (Wildman–Crippen LogP) is -2.36. The van der Waals surface area contributed by atoms with Crippen molar-refractivity contribution in [2.75, 3.05) is 39.6 Å². The van der Waals surface area contributed by atoms with Gasteiger partial charge in [-0.25, -0.2) is 8.98 Å². The summed E-state index contributed by atoms with van der Waals surface area (Å²) in [4.78, 5) is 52.9. The number of aliphatic hydroxyl groups excluding tert-OH is 17. The summed E-state index contributed by atoms with van der Waals surface area (Å²) in [6.07, 6.45) is -29.5. The van der Waals surface area contributed by atoms with Gasteiger partial charge < -0.3 is 165 Å². The molecule has 6 saturated heterocycles. The number of rotatable bonds is 56. The standard InChI is InChI=1S/C79H141N3O38S/c1-6-8-10-12-14-16-18-20-21-23-25-27-29-31-33-35-54(92)82-46(47(89)34-32-30-28-26-24-22-19-17-15-13-11-9-7-2)41-108-74-64(100)62(98)67(51(39-85)113-74)115-76-65(101)71(59(95)50(38-84)111-76)118-73-56(81-45(5)88)70(117-75-63(99)61(97)57(93)43(3)110-75)68(52(40-86)112-73)116-77-66(102)72(60(96)53(114-77)42-109-121(105,106)107)120-79(78(103)104)36-48(90)55(80-44(4)87)69(119-79)58(94)49(91)37-83/h32,34,43,46-53,55-77,83-86,89-91,93-102H,6-31,33,35-42H2,1-5H3,(H,80,87)(H,81,88)(H,82,92)(H,103,104)(H,105,106,107)/b34-32+/t43-,46-,47+,48-,49+,50+,51+,52+,53+,55+,56+,57+,58+,59-,60-,61+,62+,63-,64+,65+,66+,67+,68+,69+,70+,71-,72-,73-,74+,75-,76-,77-,79-/m0/s1. The number of allylic oxidation sites excluding steroid dienone is 1. The molecule has 0 aromatic rings. The van der Waals surface area contributed by atoms with Crippen molar-refractivity contribution in [2.24, 2.45) is 0 Å². The molecule has 0 spiro atoms. The molecule has 0 aromatic heterocycles. The molecule has 706 valence electrons. The van der Waals surface area contributed by atoms with E-state index >= 15 is 0 Å². The second-order valence-electron chi connectivity index (χ2n) is 32.6. The molecular weight excluding hydrogens is 1630 g/mol. The molecule has 33 atom stereocenters. The average Bonchev–Trinajstić information content (AvgIpc) is 0.752. The molecule has 121 heavy (non-hydrogen) atoms. The van der Waals surface area contributed by atoms with E-state index in [0.29, 0.717) is 12.8 Å². The fourth-order valence-electron chi connectivity index (χ4n) is 15.9. The van der Waals surface area contributed by atoms with Gasteiger partial charge in [0.15, 0.2) is 31.5 Å². The van der Waals surface area contributed by atoms with Crippen LogP contribution in [0.3, 0.4) is 0 Å². The van der Waals surface area contributed by atoms with Crippen molar-refractivity contribution < 1.29 is 185 Å². The summed E-state index contributed by atoms with van der Waals surface area (Å²) in [5.41, 5.74) is 0. The molecule has 41 nitrogen and oxygen atoms in total. The van der Waals surface area contributed by atoms with Gasteiger partial charge in [-0.2, -0.15) is 8.42 Å². The summed E-state index contributed by atoms with van der Waals surface area (Å²) in [6.45, 7) is 0.835. The van der Waals surface area contributed by atoms with Crippen LogP contribution in [-0.4, -0.2) is 370 Å². The van der Waals surface area contributed by atoms with Gasteiger partial charge in [0.05, 0.1) is 70.0 Å². The Balaban J connectivity index is 1.23. The van der Waals surface area contributed by atoms with E-state index in [1.54, 1.807) is 6.08 Å². The normalized spacial score (nSPS) is 36.0. The minimum atomic E-state index is -5.50. The number of carboxylic acid groups (broad SMARTS) is 1. The van der Waals surface area contributed by atoms with Gasteiger partial charge in [0.25, 0.3) is 5.79 Å². The second-order valence-corrected chi connectivity index (χ2v) is 33.7. The number of nitrogens with one attached hydrogen (secondary N) is 3. The van der Waals surface area contributed by atoms with Crippen molar-refractivity contribution in [1.29, 1.82) is 0 Å². The van der Waals surface area contributed by atoms with Crippen LogP contribution in [0.2, 0.25) is 0 Å². The summed E-state index contributed by atoms with van der Waals surface area (Å²) in [6, 6.07) is -5.01. The first-order valence-corrected chi connectivity index (χ1v) is 44.5. The number of amides is 3. The number of hydrogen-bond acceptors (Lipinski definition) is 36. The van der Waals surface area contributed by atoms with Crippen molar-refractivity contribution in [3.8, 4) is 0 Å². The summed E-state index contributed by atoms with van der Waals surface area (Å²) in [5, 5.41) is 211. The zero-order chi connectivity index (χ0) is 89.3. The molecule has 0 aromatic carbocycles. The van der Waals surface area contributed by atoms with Crippen molar-refractivity contribution >= 4 is 34.1 Å². The molecule has 22 N–H and O–H groups in total. The zero-order valence-corrected chi connectivity index (χ0v) is 70.9. The van der Waals surface area contributed by atoms with Crippen LogP contribution in [0.4, 0.5) is 0 Å². The van der Waals surface area contributed by atoms with E-state index in [0.717, 1.165) is 71.6 Å². The van der Waals surface area contributed by atoms with Crippen molar-refractivity contribution in [3.63, 3.8) is 0 Å². The summed E-state index contributed by atoms with van der Waals surface area (Å²) < 4.78 is 110. The van der Waals surface area contributed by atoms with Crippen LogP contribution in [0.15, 0.2) is 12.2 Å². The Morgan fingerprint density at radius 1 is 0.496 bits per heavy atom. The Kier molecular flexibility index (Phi) is 47.3. The smallest absolute Gasteiger partial charge is 0.397 e. The molecule has 6 aliphatic rings. The maximum atomic E-state index is 13.6. The first-order valence-electron chi connectivity index (χ1n) is 43.1. The minimum absolute atomic E-state index is 0.135. The summed E-state index contributed by atoms with van der Waals surface area (Å²) >= 11 is 0. The molecule has 6 aliphatic heterocycles. The van der Waals surface area contributed by atoms with Crippen LogP contribution in [0, 0.1) is 0 Å². The van der Waals surface area contributed by atoms with E-state index in [2.05, 4.69) is 34.0 Å². The third-order valence-electron chi connectivity index (χ3n) is 22.9. The van der Waals surface area contributed by atoms with Crippen LogP contribution in [0.25, 0.3) is 0 Å². The number of hydrogen-bond donors (Lipinski definition) is 22. The van der Waals surface area contributed by atoms with Crippen LogP contribution >= 0.6 is 0 Å². The highest BCUT2D eigenvalue weighted by atomic mass is 32.3. The van der Waals surface area contributed by atoms with Gasteiger partial charge in [-0.3, -0.25) is 18.9 Å². The third-order valence-corrected chi connectivity index (χ3v) is 23.3. The first-order chi connectivity index (χ1) is 57.6. The third kappa shape index (κ3) is 32.5. The highest BCUT2D eigenvalue weighted by molar-refractivity contribution is 7.80. The molecule has 0 saturated carbocycles. The lowest BCUT2D eigenvalue weighted by atomic mass is 9.88. The Morgan fingerprint density at radius 3 is 1.46 bits per heavy atom. The summed E-state index contributed by atoms with van der Waals surface area (Å²) in [5.74, 6) is -7.95. The van der Waals surface area contributed by atoms with E-state index in [1.165, 1.54) is 110 Å². The maximum absolute atomic E-state index is 13.6. The lowest BCUT2D eigenvalue weighted by molar-refractivity contribution is -0.399. The lowest BCUT2D eigenvalue weighted by Gasteiger charge is -2.52. The number of unbranched alkanes of at least 4 members (excludes halogenated alkanes) is 25. The van der Waals surface area contributed by atoms with Crippen LogP contribution in [0.1, 0.15) is 221 Å². The Morgan fingerprint density at radius 2 is 0.942 bits per heavy atom. The van der Waals surface area contributed by atoms with E-state index < -0.39 is 276 Å². The van der Waals surface area contributed by atoms with Gasteiger partial charge in [0, 0.05) is 26.7 Å². The number of ether oxygens (including phenoxy) is 12. The first kappa shape index (κ1) is 106. The molecule has 0 aliphatic carbocycles. The quantitative estimate of drug-likeness (QED) is 0.0172. The Bertz CT molecular complexity index is 3090. The van der Waals surface area contributed by atoms with Crippen molar-refractivity contribution in [3.05, 3.63) is 12.2 Å². The van der Waals surface area contributed by atoms with E-state index in [-0.39, 0.29) is 12.3 Å². The van der Waals surface area contributed by atoms with Gasteiger partial charge in [0.2, 0.25) is 17.7 Å². The number of carbonyl (C=O) groups is 4. The van der Waals surface area contributed by atoms with Gasteiger partial charge in [-0.1, -0.05) is 180 Å². The maximum Gasteiger partial charge on any atom is 0.397 e. The molecule has 0 unspecified atom stereocenters. The Labute approximate surface area is 706 Å². The topological polar surface area (TPSA) is 643 Å².